The average molecular weight is 269 g/mol. The van der Waals surface area contributed by atoms with E-state index in [1.807, 2.05) is 18.2 Å². The highest BCUT2D eigenvalue weighted by molar-refractivity contribution is 5.81. The molecular weight excluding hydrogens is 250 g/mol. The van der Waals surface area contributed by atoms with Crippen molar-refractivity contribution in [1.29, 1.82) is 0 Å². The predicted molar refractivity (Wildman–Crippen MR) is 79.8 cm³/mol. The van der Waals surface area contributed by atoms with Gasteiger partial charge in [-0.2, -0.15) is 10.2 Å². The fourth-order valence-electron chi connectivity index (χ4n) is 2.92. The Morgan fingerprint density at radius 3 is 2.85 bits per heavy atom. The molecule has 0 saturated carbocycles. The van der Waals surface area contributed by atoms with E-state index < -0.39 is 0 Å². The fourth-order valence-corrected chi connectivity index (χ4v) is 2.92. The van der Waals surface area contributed by atoms with Crippen molar-refractivity contribution in [2.75, 3.05) is 11.4 Å². The van der Waals surface area contributed by atoms with Gasteiger partial charge in [0, 0.05) is 18.8 Å². The van der Waals surface area contributed by atoms with Crippen LogP contribution in [0.2, 0.25) is 0 Å². The summed E-state index contributed by atoms with van der Waals surface area (Å²) in [6.45, 7) is 3.27. The number of aromatic hydroxyl groups is 1. The van der Waals surface area contributed by atoms with Gasteiger partial charge in [-0.25, -0.2) is 0 Å². The van der Waals surface area contributed by atoms with E-state index in [0.717, 1.165) is 23.5 Å². The second-order valence-corrected chi connectivity index (χ2v) is 5.32. The third kappa shape index (κ3) is 2.33. The quantitative estimate of drug-likeness (QED) is 0.909. The predicted octanol–water partition coefficient (Wildman–Crippen LogP) is 3.23. The van der Waals surface area contributed by atoms with E-state index in [0.29, 0.717) is 6.04 Å². The van der Waals surface area contributed by atoms with E-state index >= 15 is 0 Å². The van der Waals surface area contributed by atoms with E-state index in [4.69, 9.17) is 0 Å². The molecule has 0 amide bonds. The summed E-state index contributed by atoms with van der Waals surface area (Å²) in [5.74, 6) is 0.265. The van der Waals surface area contributed by atoms with Crippen molar-refractivity contribution in [2.45, 2.75) is 32.2 Å². The summed E-state index contributed by atoms with van der Waals surface area (Å²) in [6, 6.07) is 9.89. The Labute approximate surface area is 119 Å². The monoisotopic (exact) mass is 269 g/mol. The SMILES string of the molecule is CC1CCCCN1c1cccc(O)c1-c1cccnn1. The number of nitrogens with zero attached hydrogens (tertiary/aromatic N) is 3. The lowest BCUT2D eigenvalue weighted by atomic mass is 9.99. The van der Waals surface area contributed by atoms with Crippen LogP contribution in [-0.2, 0) is 0 Å². The van der Waals surface area contributed by atoms with Crippen molar-refractivity contribution >= 4 is 5.69 Å². The molecule has 1 aromatic carbocycles. The van der Waals surface area contributed by atoms with Crippen LogP contribution < -0.4 is 4.90 Å². The molecule has 3 rings (SSSR count). The van der Waals surface area contributed by atoms with Crippen LogP contribution in [0.3, 0.4) is 0 Å². The lowest BCUT2D eigenvalue weighted by molar-refractivity contribution is 0.471. The number of piperidine rings is 1. The Morgan fingerprint density at radius 1 is 1.20 bits per heavy atom. The lowest BCUT2D eigenvalue weighted by Crippen LogP contribution is -2.37. The van der Waals surface area contributed by atoms with Gasteiger partial charge in [0.15, 0.2) is 0 Å². The number of aromatic nitrogens is 2. The molecule has 20 heavy (non-hydrogen) atoms. The Balaban J connectivity index is 2.09. The van der Waals surface area contributed by atoms with E-state index in [9.17, 15) is 5.11 Å². The zero-order chi connectivity index (χ0) is 13.9. The molecule has 1 fully saturated rings. The highest BCUT2D eigenvalue weighted by Gasteiger charge is 2.23. The van der Waals surface area contributed by atoms with Crippen molar-refractivity contribution < 1.29 is 5.11 Å². The van der Waals surface area contributed by atoms with Gasteiger partial charge in [0.2, 0.25) is 0 Å². The van der Waals surface area contributed by atoms with Gasteiger partial charge in [-0.05, 0) is 50.5 Å². The third-order valence-electron chi connectivity index (χ3n) is 3.96. The molecule has 0 aliphatic carbocycles. The second kappa shape index (κ2) is 5.49. The molecule has 1 saturated heterocycles. The van der Waals surface area contributed by atoms with Crippen LogP contribution in [0.5, 0.6) is 5.75 Å². The summed E-state index contributed by atoms with van der Waals surface area (Å²) in [5, 5.41) is 18.3. The maximum atomic E-state index is 10.3. The van der Waals surface area contributed by atoms with E-state index in [1.54, 1.807) is 12.3 Å². The summed E-state index contributed by atoms with van der Waals surface area (Å²) in [7, 11) is 0. The lowest BCUT2D eigenvalue weighted by Gasteiger charge is -2.36. The van der Waals surface area contributed by atoms with Gasteiger partial charge in [0.25, 0.3) is 0 Å². The summed E-state index contributed by atoms with van der Waals surface area (Å²) in [4.78, 5) is 2.37. The Morgan fingerprint density at radius 2 is 2.10 bits per heavy atom. The first kappa shape index (κ1) is 12.9. The average Bonchev–Trinajstić information content (AvgIpc) is 2.48. The van der Waals surface area contributed by atoms with Crippen molar-refractivity contribution in [3.63, 3.8) is 0 Å². The molecule has 4 heteroatoms. The minimum Gasteiger partial charge on any atom is -0.507 e. The summed E-state index contributed by atoms with van der Waals surface area (Å²) >= 11 is 0. The Hall–Kier alpha value is -2.10. The van der Waals surface area contributed by atoms with Crippen LogP contribution in [0.25, 0.3) is 11.3 Å². The van der Waals surface area contributed by atoms with Crippen LogP contribution in [0.1, 0.15) is 26.2 Å². The topological polar surface area (TPSA) is 49.2 Å². The van der Waals surface area contributed by atoms with Gasteiger partial charge in [-0.15, -0.1) is 0 Å². The minimum atomic E-state index is 0.265. The third-order valence-corrected chi connectivity index (χ3v) is 3.96. The number of anilines is 1. The van der Waals surface area contributed by atoms with Gasteiger partial charge >= 0.3 is 0 Å². The number of hydrogen-bond acceptors (Lipinski definition) is 4. The molecule has 1 aromatic heterocycles. The fraction of sp³-hybridized carbons (Fsp3) is 0.375. The maximum absolute atomic E-state index is 10.3. The molecule has 1 aliphatic heterocycles. The van der Waals surface area contributed by atoms with Crippen LogP contribution in [0.4, 0.5) is 5.69 Å². The van der Waals surface area contributed by atoms with Crippen LogP contribution in [0.15, 0.2) is 36.5 Å². The molecule has 104 valence electrons. The van der Waals surface area contributed by atoms with Crippen molar-refractivity contribution in [3.8, 4) is 17.0 Å². The number of hydrogen-bond donors (Lipinski definition) is 1. The van der Waals surface area contributed by atoms with E-state index in [2.05, 4.69) is 28.1 Å². The zero-order valence-electron chi connectivity index (χ0n) is 11.7. The van der Waals surface area contributed by atoms with Gasteiger partial charge in [-0.1, -0.05) is 6.07 Å². The van der Waals surface area contributed by atoms with E-state index in [-0.39, 0.29) is 5.75 Å². The number of phenolic OH excluding ortho intramolecular Hbond substituents is 1. The highest BCUT2D eigenvalue weighted by atomic mass is 16.3. The Kier molecular flexibility index (Phi) is 3.54. The van der Waals surface area contributed by atoms with Crippen molar-refractivity contribution in [3.05, 3.63) is 36.5 Å². The minimum absolute atomic E-state index is 0.265. The number of rotatable bonds is 2. The molecule has 2 aromatic rings. The summed E-state index contributed by atoms with van der Waals surface area (Å²) in [5.41, 5.74) is 2.56. The van der Waals surface area contributed by atoms with Gasteiger partial charge in [0.05, 0.1) is 16.9 Å². The van der Waals surface area contributed by atoms with Crippen molar-refractivity contribution in [1.82, 2.24) is 10.2 Å². The molecular formula is C16H19N3O. The molecule has 1 unspecified atom stereocenters. The van der Waals surface area contributed by atoms with E-state index in [1.165, 1.54) is 19.3 Å². The standard InChI is InChI=1S/C16H19N3O/c1-12-6-2-3-11-19(12)14-8-4-9-15(20)16(14)13-7-5-10-17-18-13/h4-5,7-10,12,20H,2-3,6,11H2,1H3. The summed E-state index contributed by atoms with van der Waals surface area (Å²) < 4.78 is 0. The summed E-state index contributed by atoms with van der Waals surface area (Å²) in [6.07, 6.45) is 5.30. The smallest absolute Gasteiger partial charge is 0.127 e. The van der Waals surface area contributed by atoms with Crippen LogP contribution in [-0.4, -0.2) is 27.9 Å². The van der Waals surface area contributed by atoms with Crippen molar-refractivity contribution in [2.24, 2.45) is 0 Å². The first-order chi connectivity index (χ1) is 9.77. The van der Waals surface area contributed by atoms with Gasteiger partial charge < -0.3 is 10.0 Å². The second-order valence-electron chi connectivity index (χ2n) is 5.32. The zero-order valence-corrected chi connectivity index (χ0v) is 11.7. The number of phenols is 1. The molecule has 4 nitrogen and oxygen atoms in total. The van der Waals surface area contributed by atoms with Gasteiger partial charge in [-0.3, -0.25) is 0 Å². The molecule has 1 aliphatic rings. The maximum Gasteiger partial charge on any atom is 0.127 e. The molecule has 0 spiro atoms. The highest BCUT2D eigenvalue weighted by Crippen LogP contribution is 2.39. The van der Waals surface area contributed by atoms with Crippen LogP contribution >= 0.6 is 0 Å². The molecule has 1 N–H and O–H groups in total. The van der Waals surface area contributed by atoms with Crippen LogP contribution in [0, 0.1) is 0 Å². The first-order valence-corrected chi connectivity index (χ1v) is 7.14. The molecule has 0 bridgehead atoms. The van der Waals surface area contributed by atoms with Gasteiger partial charge in [0.1, 0.15) is 5.75 Å². The Bertz CT molecular complexity index is 586. The largest absolute Gasteiger partial charge is 0.507 e. The number of benzene rings is 1. The first-order valence-electron chi connectivity index (χ1n) is 7.14. The molecule has 2 heterocycles. The molecule has 0 radical (unpaired) electrons. The normalized spacial score (nSPS) is 19.1. The molecule has 1 atom stereocenters.